The number of rotatable bonds is 2. The average molecular weight is 193 g/mol. The van der Waals surface area contributed by atoms with Crippen molar-refractivity contribution >= 4 is 0 Å². The summed E-state index contributed by atoms with van der Waals surface area (Å²) in [5.74, 6) is 4.01. The Kier molecular flexibility index (Phi) is 1.96. The molecule has 0 heterocycles. The van der Waals surface area contributed by atoms with Gasteiger partial charge in [0.15, 0.2) is 0 Å². The third kappa shape index (κ3) is 1.18. The molecule has 1 heteroatoms. The topological polar surface area (TPSA) is 26.0 Å². The van der Waals surface area contributed by atoms with Crippen molar-refractivity contribution in [2.45, 2.75) is 45.4 Å². The van der Waals surface area contributed by atoms with Crippen LogP contribution in [0.3, 0.4) is 0 Å². The molecule has 1 atom stereocenters. The second-order valence-electron chi connectivity index (χ2n) is 6.42. The van der Waals surface area contributed by atoms with Crippen LogP contribution in [0.4, 0.5) is 0 Å². The van der Waals surface area contributed by atoms with E-state index in [0.29, 0.717) is 5.41 Å². The second-order valence-corrected chi connectivity index (χ2v) is 6.42. The molecule has 4 aliphatic carbocycles. The Hall–Kier alpha value is -0.0400. The van der Waals surface area contributed by atoms with E-state index in [9.17, 15) is 0 Å². The van der Waals surface area contributed by atoms with Gasteiger partial charge in [0.1, 0.15) is 0 Å². The minimum atomic E-state index is 0.684. The summed E-state index contributed by atoms with van der Waals surface area (Å²) >= 11 is 0. The standard InChI is InChI=1S/C13H23N/c1-9(8-14)13-5-10-2-11(6-13)4-12(3-10)7-13/h9-12H,2-8,14H2,1H3. The fraction of sp³-hybridized carbons (Fsp3) is 1.00. The van der Waals surface area contributed by atoms with Gasteiger partial charge < -0.3 is 5.73 Å². The van der Waals surface area contributed by atoms with Crippen LogP contribution in [-0.4, -0.2) is 6.54 Å². The van der Waals surface area contributed by atoms with Crippen molar-refractivity contribution < 1.29 is 0 Å². The third-order valence-corrected chi connectivity index (χ3v) is 5.48. The predicted molar refractivity (Wildman–Crippen MR) is 58.8 cm³/mol. The van der Waals surface area contributed by atoms with Crippen LogP contribution in [0.1, 0.15) is 45.4 Å². The molecule has 4 bridgehead atoms. The molecule has 0 saturated heterocycles. The first-order valence-corrected chi connectivity index (χ1v) is 6.42. The van der Waals surface area contributed by atoms with E-state index < -0.39 is 0 Å². The molecule has 0 radical (unpaired) electrons. The normalized spacial score (nSPS) is 52.3. The molecule has 80 valence electrons. The summed E-state index contributed by atoms with van der Waals surface area (Å²) in [7, 11) is 0. The molecule has 0 aromatic heterocycles. The van der Waals surface area contributed by atoms with E-state index in [4.69, 9.17) is 5.73 Å². The second kappa shape index (κ2) is 2.98. The van der Waals surface area contributed by atoms with Gasteiger partial charge in [0.25, 0.3) is 0 Å². The van der Waals surface area contributed by atoms with Crippen molar-refractivity contribution in [2.75, 3.05) is 6.54 Å². The van der Waals surface area contributed by atoms with Crippen LogP contribution in [0.15, 0.2) is 0 Å². The Morgan fingerprint density at radius 2 is 1.50 bits per heavy atom. The third-order valence-electron chi connectivity index (χ3n) is 5.48. The van der Waals surface area contributed by atoms with Crippen molar-refractivity contribution in [3.63, 3.8) is 0 Å². The molecule has 4 saturated carbocycles. The first kappa shape index (κ1) is 9.21. The highest BCUT2D eigenvalue weighted by Crippen LogP contribution is 2.62. The highest BCUT2D eigenvalue weighted by atomic mass is 14.6. The maximum Gasteiger partial charge on any atom is -0.00462 e. The molecule has 0 aliphatic heterocycles. The molecule has 4 rings (SSSR count). The summed E-state index contributed by atoms with van der Waals surface area (Å²) in [5, 5.41) is 0. The molecular weight excluding hydrogens is 170 g/mol. The lowest BCUT2D eigenvalue weighted by molar-refractivity contribution is -0.0808. The summed E-state index contributed by atoms with van der Waals surface area (Å²) in [6.45, 7) is 3.30. The fourth-order valence-corrected chi connectivity index (χ4v) is 5.03. The van der Waals surface area contributed by atoms with Crippen LogP contribution in [0.5, 0.6) is 0 Å². The first-order valence-electron chi connectivity index (χ1n) is 6.42. The van der Waals surface area contributed by atoms with Crippen molar-refractivity contribution in [1.29, 1.82) is 0 Å². The average Bonchev–Trinajstić information content (AvgIpc) is 2.14. The fourth-order valence-electron chi connectivity index (χ4n) is 5.03. The zero-order chi connectivity index (χ0) is 9.76. The summed E-state index contributed by atoms with van der Waals surface area (Å²) in [4.78, 5) is 0. The lowest BCUT2D eigenvalue weighted by Gasteiger charge is -2.59. The molecular formula is C13H23N. The Morgan fingerprint density at radius 3 is 1.86 bits per heavy atom. The van der Waals surface area contributed by atoms with E-state index in [1.165, 1.54) is 19.3 Å². The molecule has 14 heavy (non-hydrogen) atoms. The number of hydrogen-bond donors (Lipinski definition) is 1. The SMILES string of the molecule is CC(CN)C12CC3CC(CC(C3)C1)C2. The van der Waals surface area contributed by atoms with Crippen LogP contribution in [0.25, 0.3) is 0 Å². The van der Waals surface area contributed by atoms with Gasteiger partial charge in [-0.3, -0.25) is 0 Å². The van der Waals surface area contributed by atoms with Crippen molar-refractivity contribution in [2.24, 2.45) is 34.8 Å². The van der Waals surface area contributed by atoms with Crippen LogP contribution in [-0.2, 0) is 0 Å². The van der Waals surface area contributed by atoms with Crippen molar-refractivity contribution in [3.8, 4) is 0 Å². The highest BCUT2D eigenvalue weighted by Gasteiger charge is 2.52. The van der Waals surface area contributed by atoms with Crippen molar-refractivity contribution in [3.05, 3.63) is 0 Å². The van der Waals surface area contributed by atoms with E-state index in [-0.39, 0.29) is 0 Å². The van der Waals surface area contributed by atoms with Crippen LogP contribution < -0.4 is 5.73 Å². The van der Waals surface area contributed by atoms with Gasteiger partial charge in [0.2, 0.25) is 0 Å². The minimum Gasteiger partial charge on any atom is -0.330 e. The van der Waals surface area contributed by atoms with Gasteiger partial charge in [-0.15, -0.1) is 0 Å². The van der Waals surface area contributed by atoms with Gasteiger partial charge >= 0.3 is 0 Å². The zero-order valence-corrected chi connectivity index (χ0v) is 9.34. The van der Waals surface area contributed by atoms with Gasteiger partial charge in [-0.2, -0.15) is 0 Å². The van der Waals surface area contributed by atoms with Gasteiger partial charge in [-0.1, -0.05) is 6.92 Å². The molecule has 0 spiro atoms. The molecule has 2 N–H and O–H groups in total. The minimum absolute atomic E-state index is 0.684. The van der Waals surface area contributed by atoms with Crippen LogP contribution in [0.2, 0.25) is 0 Å². The van der Waals surface area contributed by atoms with E-state index in [1.807, 2.05) is 0 Å². The smallest absolute Gasteiger partial charge is 0.00462 e. The molecule has 4 aliphatic rings. The molecule has 0 aromatic rings. The lowest BCUT2D eigenvalue weighted by Crippen LogP contribution is -2.50. The van der Waals surface area contributed by atoms with Crippen molar-refractivity contribution in [1.82, 2.24) is 0 Å². The molecule has 4 fully saturated rings. The maximum atomic E-state index is 5.89. The summed E-state index contributed by atoms with van der Waals surface area (Å²) in [6, 6.07) is 0. The van der Waals surface area contributed by atoms with E-state index >= 15 is 0 Å². The van der Waals surface area contributed by atoms with Gasteiger partial charge in [0.05, 0.1) is 0 Å². The Morgan fingerprint density at radius 1 is 1.07 bits per heavy atom. The molecule has 1 unspecified atom stereocenters. The number of nitrogens with two attached hydrogens (primary N) is 1. The molecule has 0 aromatic carbocycles. The van der Waals surface area contributed by atoms with Gasteiger partial charge in [-0.05, 0) is 74.2 Å². The summed E-state index contributed by atoms with van der Waals surface area (Å²) in [5.41, 5.74) is 6.58. The predicted octanol–water partition coefficient (Wildman–Crippen LogP) is 2.80. The molecule has 0 amide bonds. The largest absolute Gasteiger partial charge is 0.330 e. The molecule has 1 nitrogen and oxygen atoms in total. The summed E-state index contributed by atoms with van der Waals surface area (Å²) in [6.07, 6.45) is 9.19. The Labute approximate surface area is 87.4 Å². The lowest BCUT2D eigenvalue weighted by atomic mass is 9.47. The Bertz CT molecular complexity index is 198. The summed E-state index contributed by atoms with van der Waals surface area (Å²) < 4.78 is 0. The van der Waals surface area contributed by atoms with E-state index in [1.54, 1.807) is 19.3 Å². The van der Waals surface area contributed by atoms with Gasteiger partial charge in [-0.25, -0.2) is 0 Å². The maximum absolute atomic E-state index is 5.89. The monoisotopic (exact) mass is 193 g/mol. The van der Waals surface area contributed by atoms with E-state index in [2.05, 4.69) is 6.92 Å². The Balaban J connectivity index is 1.87. The first-order chi connectivity index (χ1) is 6.72. The quantitative estimate of drug-likeness (QED) is 0.717. The van der Waals surface area contributed by atoms with E-state index in [0.717, 1.165) is 30.2 Å². The van der Waals surface area contributed by atoms with Crippen LogP contribution >= 0.6 is 0 Å². The number of hydrogen-bond acceptors (Lipinski definition) is 1. The highest BCUT2D eigenvalue weighted by molar-refractivity contribution is 5.03. The van der Waals surface area contributed by atoms with Gasteiger partial charge in [0, 0.05) is 0 Å². The van der Waals surface area contributed by atoms with Crippen LogP contribution in [0, 0.1) is 29.1 Å². The zero-order valence-electron chi connectivity index (χ0n) is 9.34.